The fourth-order valence-corrected chi connectivity index (χ4v) is 3.08. The SMILES string of the molecule is Cc1nn(C)c(C)c1NC(=O)CN(C)Cc1ccc2ccccc2c1. The second kappa shape index (κ2) is 7.07. The van der Waals surface area contributed by atoms with Gasteiger partial charge in [-0.05, 0) is 43.3 Å². The molecule has 0 aliphatic carbocycles. The summed E-state index contributed by atoms with van der Waals surface area (Å²) in [5.74, 6) is -0.0255. The van der Waals surface area contributed by atoms with Gasteiger partial charge in [-0.1, -0.05) is 36.4 Å². The molecular formula is C20H24N4O. The molecule has 0 aliphatic heterocycles. The van der Waals surface area contributed by atoms with Gasteiger partial charge >= 0.3 is 0 Å². The maximum atomic E-state index is 12.3. The summed E-state index contributed by atoms with van der Waals surface area (Å²) in [7, 11) is 3.83. The molecule has 1 aromatic heterocycles. The first-order chi connectivity index (χ1) is 11.9. The quantitative estimate of drug-likeness (QED) is 0.778. The number of rotatable bonds is 5. The number of nitrogens with one attached hydrogen (secondary N) is 1. The van der Waals surface area contributed by atoms with E-state index in [0.29, 0.717) is 6.54 Å². The summed E-state index contributed by atoms with van der Waals surface area (Å²) in [6, 6.07) is 14.7. The molecule has 3 rings (SSSR count). The average molecular weight is 336 g/mol. The first-order valence-corrected chi connectivity index (χ1v) is 8.40. The van der Waals surface area contributed by atoms with Crippen LogP contribution in [-0.4, -0.2) is 34.2 Å². The number of hydrogen-bond acceptors (Lipinski definition) is 3. The highest BCUT2D eigenvalue weighted by atomic mass is 16.2. The Balaban J connectivity index is 1.63. The van der Waals surface area contributed by atoms with Crippen molar-refractivity contribution in [2.24, 2.45) is 7.05 Å². The lowest BCUT2D eigenvalue weighted by Gasteiger charge is -2.17. The maximum Gasteiger partial charge on any atom is 0.238 e. The van der Waals surface area contributed by atoms with Crippen LogP contribution < -0.4 is 5.32 Å². The van der Waals surface area contributed by atoms with Gasteiger partial charge in [-0.25, -0.2) is 0 Å². The molecule has 1 amide bonds. The van der Waals surface area contributed by atoms with Gasteiger partial charge in [-0.3, -0.25) is 14.4 Å². The molecule has 5 nitrogen and oxygen atoms in total. The van der Waals surface area contributed by atoms with Crippen LogP contribution in [0, 0.1) is 13.8 Å². The van der Waals surface area contributed by atoms with E-state index in [4.69, 9.17) is 0 Å². The van der Waals surface area contributed by atoms with Crippen LogP contribution in [0.4, 0.5) is 5.69 Å². The Labute approximate surface area is 148 Å². The Morgan fingerprint density at radius 1 is 1.16 bits per heavy atom. The molecular weight excluding hydrogens is 312 g/mol. The molecule has 0 unspecified atom stereocenters. The zero-order valence-corrected chi connectivity index (χ0v) is 15.2. The van der Waals surface area contributed by atoms with Crippen LogP contribution >= 0.6 is 0 Å². The molecule has 0 bridgehead atoms. The number of likely N-dealkylation sites (N-methyl/N-ethyl adjacent to an activating group) is 1. The number of carbonyl (C=O) groups is 1. The lowest BCUT2D eigenvalue weighted by atomic mass is 10.1. The van der Waals surface area contributed by atoms with Crippen molar-refractivity contribution >= 4 is 22.4 Å². The highest BCUT2D eigenvalue weighted by Crippen LogP contribution is 2.19. The molecule has 0 atom stereocenters. The zero-order valence-electron chi connectivity index (χ0n) is 15.2. The molecule has 0 saturated carbocycles. The number of nitrogens with zero attached hydrogens (tertiary/aromatic N) is 3. The van der Waals surface area contributed by atoms with E-state index in [9.17, 15) is 4.79 Å². The number of aryl methyl sites for hydroxylation is 2. The molecule has 0 spiro atoms. The van der Waals surface area contributed by atoms with Gasteiger partial charge in [-0.15, -0.1) is 0 Å². The number of hydrogen-bond donors (Lipinski definition) is 1. The smallest absolute Gasteiger partial charge is 0.238 e. The van der Waals surface area contributed by atoms with Crippen molar-refractivity contribution in [2.75, 3.05) is 18.9 Å². The summed E-state index contributed by atoms with van der Waals surface area (Å²) < 4.78 is 1.78. The van der Waals surface area contributed by atoms with Gasteiger partial charge in [0.15, 0.2) is 0 Å². The van der Waals surface area contributed by atoms with E-state index in [1.807, 2.05) is 45.0 Å². The van der Waals surface area contributed by atoms with E-state index >= 15 is 0 Å². The standard InChI is InChI=1S/C20H24N4O/c1-14-20(15(2)24(4)22-14)21-19(25)13-23(3)12-16-9-10-17-7-5-6-8-18(17)11-16/h5-11H,12-13H2,1-4H3,(H,21,25). The molecule has 0 radical (unpaired) electrons. The average Bonchev–Trinajstić information content (AvgIpc) is 2.81. The first-order valence-electron chi connectivity index (χ1n) is 8.40. The molecule has 0 aliphatic rings. The largest absolute Gasteiger partial charge is 0.322 e. The van der Waals surface area contributed by atoms with Gasteiger partial charge in [0.2, 0.25) is 5.91 Å². The molecule has 2 aromatic carbocycles. The molecule has 3 aromatic rings. The van der Waals surface area contributed by atoms with E-state index in [1.165, 1.54) is 16.3 Å². The lowest BCUT2D eigenvalue weighted by molar-refractivity contribution is -0.117. The van der Waals surface area contributed by atoms with E-state index in [1.54, 1.807) is 4.68 Å². The van der Waals surface area contributed by atoms with E-state index in [2.05, 4.69) is 40.7 Å². The van der Waals surface area contributed by atoms with Crippen LogP contribution in [0.3, 0.4) is 0 Å². The van der Waals surface area contributed by atoms with Crippen LogP contribution in [0.1, 0.15) is 17.0 Å². The van der Waals surface area contributed by atoms with Gasteiger partial charge in [0.25, 0.3) is 0 Å². The van der Waals surface area contributed by atoms with Crippen LogP contribution in [0.2, 0.25) is 0 Å². The Bertz CT molecular complexity index is 913. The number of carbonyl (C=O) groups excluding carboxylic acids is 1. The number of aromatic nitrogens is 2. The summed E-state index contributed by atoms with van der Waals surface area (Å²) in [6.45, 7) is 4.92. The third-order valence-corrected chi connectivity index (χ3v) is 4.45. The molecule has 1 N–H and O–H groups in total. The summed E-state index contributed by atoms with van der Waals surface area (Å²) in [5, 5.41) is 9.76. The lowest BCUT2D eigenvalue weighted by Crippen LogP contribution is -2.30. The fourth-order valence-electron chi connectivity index (χ4n) is 3.08. The maximum absolute atomic E-state index is 12.3. The minimum atomic E-state index is -0.0255. The normalized spacial score (nSPS) is 11.2. The number of amides is 1. The molecule has 5 heteroatoms. The van der Waals surface area contributed by atoms with Crippen molar-refractivity contribution in [3.05, 3.63) is 59.4 Å². The zero-order chi connectivity index (χ0) is 18.0. The number of fused-ring (bicyclic) bond motifs is 1. The van der Waals surface area contributed by atoms with Crippen molar-refractivity contribution in [1.82, 2.24) is 14.7 Å². The van der Waals surface area contributed by atoms with Crippen molar-refractivity contribution < 1.29 is 4.79 Å². The molecule has 0 fully saturated rings. The topological polar surface area (TPSA) is 50.2 Å². The van der Waals surface area contributed by atoms with Gasteiger partial charge in [0.05, 0.1) is 23.6 Å². The van der Waals surface area contributed by atoms with Crippen LogP contribution in [0.5, 0.6) is 0 Å². The third kappa shape index (κ3) is 3.88. The summed E-state index contributed by atoms with van der Waals surface area (Å²) in [5.41, 5.74) is 3.81. The van der Waals surface area contributed by atoms with Crippen LogP contribution in [-0.2, 0) is 18.4 Å². The van der Waals surface area contributed by atoms with Gasteiger partial charge in [0, 0.05) is 13.6 Å². The van der Waals surface area contributed by atoms with Gasteiger partial charge < -0.3 is 5.32 Å². The van der Waals surface area contributed by atoms with E-state index in [0.717, 1.165) is 23.6 Å². The summed E-state index contributed by atoms with van der Waals surface area (Å²) in [4.78, 5) is 14.4. The number of anilines is 1. The van der Waals surface area contributed by atoms with Crippen molar-refractivity contribution in [2.45, 2.75) is 20.4 Å². The van der Waals surface area contributed by atoms with Crippen LogP contribution in [0.25, 0.3) is 10.8 Å². The first kappa shape index (κ1) is 17.2. The Kier molecular flexibility index (Phi) is 4.86. The predicted molar refractivity (Wildman–Crippen MR) is 102 cm³/mol. The second-order valence-corrected chi connectivity index (χ2v) is 6.57. The van der Waals surface area contributed by atoms with Crippen LogP contribution in [0.15, 0.2) is 42.5 Å². The van der Waals surface area contributed by atoms with E-state index < -0.39 is 0 Å². The summed E-state index contributed by atoms with van der Waals surface area (Å²) >= 11 is 0. The number of benzene rings is 2. The van der Waals surface area contributed by atoms with Crippen molar-refractivity contribution in [1.29, 1.82) is 0 Å². The highest BCUT2D eigenvalue weighted by molar-refractivity contribution is 5.93. The second-order valence-electron chi connectivity index (χ2n) is 6.57. The Morgan fingerprint density at radius 3 is 2.56 bits per heavy atom. The highest BCUT2D eigenvalue weighted by Gasteiger charge is 2.14. The Hall–Kier alpha value is -2.66. The van der Waals surface area contributed by atoms with E-state index in [-0.39, 0.29) is 5.91 Å². The van der Waals surface area contributed by atoms with Gasteiger partial charge in [0.1, 0.15) is 0 Å². The minimum Gasteiger partial charge on any atom is -0.322 e. The minimum absolute atomic E-state index is 0.0255. The molecule has 130 valence electrons. The fraction of sp³-hybridized carbons (Fsp3) is 0.300. The summed E-state index contributed by atoms with van der Waals surface area (Å²) in [6.07, 6.45) is 0. The van der Waals surface area contributed by atoms with Crippen molar-refractivity contribution in [3.63, 3.8) is 0 Å². The molecule has 25 heavy (non-hydrogen) atoms. The third-order valence-electron chi connectivity index (χ3n) is 4.45. The molecule has 1 heterocycles. The predicted octanol–water partition coefficient (Wildman–Crippen LogP) is 3.26. The van der Waals surface area contributed by atoms with Crippen molar-refractivity contribution in [3.8, 4) is 0 Å². The Morgan fingerprint density at radius 2 is 1.88 bits per heavy atom. The monoisotopic (exact) mass is 336 g/mol. The van der Waals surface area contributed by atoms with Gasteiger partial charge in [-0.2, -0.15) is 5.10 Å². The molecule has 0 saturated heterocycles.